The number of nitrogens with one attached hydrogen (secondary N) is 1. The summed E-state index contributed by atoms with van der Waals surface area (Å²) in [6, 6.07) is 13.1. The van der Waals surface area contributed by atoms with Crippen molar-refractivity contribution in [2.45, 2.75) is 13.1 Å². The summed E-state index contributed by atoms with van der Waals surface area (Å²) in [6.07, 6.45) is 0. The van der Waals surface area contributed by atoms with Crippen LogP contribution < -0.4 is 10.1 Å². The molecule has 1 N–H and O–H groups in total. The first-order chi connectivity index (χ1) is 10.2. The number of hydrogen-bond donors (Lipinski definition) is 1. The van der Waals surface area contributed by atoms with Crippen molar-refractivity contribution in [3.05, 3.63) is 65.2 Å². The molecule has 0 aliphatic rings. The van der Waals surface area contributed by atoms with Crippen molar-refractivity contribution < 1.29 is 13.5 Å². The predicted octanol–water partition coefficient (Wildman–Crippen LogP) is 3.16. The van der Waals surface area contributed by atoms with E-state index in [9.17, 15) is 8.78 Å². The third-order valence-corrected chi connectivity index (χ3v) is 2.89. The second-order valence-electron chi connectivity index (χ2n) is 4.41. The highest BCUT2D eigenvalue weighted by molar-refractivity contribution is 5.33. The molecular formula is C16H14F2N2O. The Hall–Kier alpha value is -2.45. The van der Waals surface area contributed by atoms with Gasteiger partial charge in [-0.15, -0.1) is 0 Å². The van der Waals surface area contributed by atoms with E-state index in [0.717, 1.165) is 11.6 Å². The van der Waals surface area contributed by atoms with Crippen molar-refractivity contribution in [2.24, 2.45) is 0 Å². The lowest BCUT2D eigenvalue weighted by Gasteiger charge is -2.10. The van der Waals surface area contributed by atoms with Crippen LogP contribution in [0.5, 0.6) is 5.75 Å². The van der Waals surface area contributed by atoms with Gasteiger partial charge in [-0.05, 0) is 23.8 Å². The van der Waals surface area contributed by atoms with E-state index in [-0.39, 0.29) is 6.61 Å². The lowest BCUT2D eigenvalue weighted by Crippen LogP contribution is -2.14. The molecule has 0 radical (unpaired) electrons. The van der Waals surface area contributed by atoms with E-state index >= 15 is 0 Å². The predicted molar refractivity (Wildman–Crippen MR) is 74.5 cm³/mol. The molecule has 3 nitrogen and oxygen atoms in total. The molecule has 0 atom stereocenters. The summed E-state index contributed by atoms with van der Waals surface area (Å²) in [5, 5.41) is 11.7. The first-order valence-electron chi connectivity index (χ1n) is 6.43. The van der Waals surface area contributed by atoms with Crippen molar-refractivity contribution in [3.8, 4) is 11.8 Å². The molecule has 2 aromatic rings. The highest BCUT2D eigenvalue weighted by Crippen LogP contribution is 2.17. The van der Waals surface area contributed by atoms with Crippen LogP contribution in [0.25, 0.3) is 0 Å². The zero-order valence-electron chi connectivity index (χ0n) is 11.3. The van der Waals surface area contributed by atoms with E-state index in [1.807, 2.05) is 24.3 Å². The van der Waals surface area contributed by atoms with E-state index in [1.165, 1.54) is 12.1 Å². The Balaban J connectivity index is 1.94. The number of ether oxygens (including phenoxy) is 1. The van der Waals surface area contributed by atoms with Gasteiger partial charge < -0.3 is 10.1 Å². The van der Waals surface area contributed by atoms with Crippen molar-refractivity contribution in [3.63, 3.8) is 0 Å². The van der Waals surface area contributed by atoms with Crippen LogP contribution >= 0.6 is 0 Å². The van der Waals surface area contributed by atoms with Crippen LogP contribution in [-0.2, 0) is 13.1 Å². The zero-order chi connectivity index (χ0) is 15.1. The average molecular weight is 288 g/mol. The molecule has 5 heteroatoms. The number of benzene rings is 2. The first-order valence-corrected chi connectivity index (χ1v) is 6.43. The zero-order valence-corrected chi connectivity index (χ0v) is 11.3. The summed E-state index contributed by atoms with van der Waals surface area (Å²) in [4.78, 5) is 0. The number of halogens is 2. The fourth-order valence-corrected chi connectivity index (χ4v) is 1.89. The van der Waals surface area contributed by atoms with Crippen LogP contribution in [0.3, 0.4) is 0 Å². The van der Waals surface area contributed by atoms with Gasteiger partial charge in [0.05, 0.1) is 0 Å². The molecule has 0 spiro atoms. The summed E-state index contributed by atoms with van der Waals surface area (Å²) in [5.41, 5.74) is 1.56. The second kappa shape index (κ2) is 7.36. The minimum absolute atomic E-state index is 0.0137. The van der Waals surface area contributed by atoms with Crippen LogP contribution in [0.15, 0.2) is 42.5 Å². The Kier molecular flexibility index (Phi) is 5.24. The summed E-state index contributed by atoms with van der Waals surface area (Å²) >= 11 is 0. The quantitative estimate of drug-likeness (QED) is 0.888. The Morgan fingerprint density at radius 2 is 1.86 bits per heavy atom. The molecule has 0 unspecified atom stereocenters. The maximum atomic E-state index is 13.1. The van der Waals surface area contributed by atoms with Gasteiger partial charge in [0.25, 0.3) is 0 Å². The lowest BCUT2D eigenvalue weighted by molar-refractivity contribution is 0.362. The Labute approximate surface area is 121 Å². The normalized spacial score (nSPS) is 10.1. The first kappa shape index (κ1) is 14.9. The van der Waals surface area contributed by atoms with Gasteiger partial charge in [0.2, 0.25) is 0 Å². The van der Waals surface area contributed by atoms with Gasteiger partial charge in [0, 0.05) is 18.7 Å². The topological polar surface area (TPSA) is 45.0 Å². The molecule has 0 saturated carbocycles. The lowest BCUT2D eigenvalue weighted by atomic mass is 10.2. The number of para-hydroxylation sites is 1. The Bertz CT molecular complexity index is 653. The van der Waals surface area contributed by atoms with Crippen LogP contribution in [-0.4, -0.2) is 6.61 Å². The van der Waals surface area contributed by atoms with Crippen molar-refractivity contribution in [1.82, 2.24) is 5.32 Å². The van der Waals surface area contributed by atoms with Gasteiger partial charge in [0.15, 0.2) is 18.2 Å². The van der Waals surface area contributed by atoms with Gasteiger partial charge in [-0.1, -0.05) is 24.3 Å². The monoisotopic (exact) mass is 288 g/mol. The highest BCUT2D eigenvalue weighted by atomic mass is 19.2. The van der Waals surface area contributed by atoms with Gasteiger partial charge in [-0.2, -0.15) is 5.26 Å². The fourth-order valence-electron chi connectivity index (χ4n) is 1.89. The third kappa shape index (κ3) is 4.26. The highest BCUT2D eigenvalue weighted by Gasteiger charge is 2.04. The summed E-state index contributed by atoms with van der Waals surface area (Å²) in [5.74, 6) is -1.07. The Morgan fingerprint density at radius 1 is 1.05 bits per heavy atom. The van der Waals surface area contributed by atoms with E-state index < -0.39 is 11.6 Å². The largest absolute Gasteiger partial charge is 0.478 e. The van der Waals surface area contributed by atoms with Gasteiger partial charge in [0.1, 0.15) is 11.8 Å². The number of rotatable bonds is 6. The van der Waals surface area contributed by atoms with Gasteiger partial charge in [-0.25, -0.2) is 8.78 Å². The molecule has 0 aliphatic carbocycles. The van der Waals surface area contributed by atoms with Crippen molar-refractivity contribution >= 4 is 0 Å². The molecule has 0 heterocycles. The van der Waals surface area contributed by atoms with Crippen LogP contribution in [0, 0.1) is 23.0 Å². The van der Waals surface area contributed by atoms with E-state index in [4.69, 9.17) is 10.00 Å². The van der Waals surface area contributed by atoms with E-state index in [0.29, 0.717) is 24.4 Å². The van der Waals surface area contributed by atoms with Gasteiger partial charge >= 0.3 is 0 Å². The van der Waals surface area contributed by atoms with Crippen LogP contribution in [0.2, 0.25) is 0 Å². The van der Waals surface area contributed by atoms with Gasteiger partial charge in [-0.3, -0.25) is 0 Å². The molecule has 2 aromatic carbocycles. The standard InChI is InChI=1S/C16H14F2N2O/c17-14-6-5-12(9-15(14)18)10-20-11-13-3-1-2-4-16(13)21-8-7-19/h1-6,9,20H,8,10-11H2. The number of nitrogens with zero attached hydrogens (tertiary/aromatic N) is 1. The molecule has 0 fully saturated rings. The van der Waals surface area contributed by atoms with Crippen LogP contribution in [0.4, 0.5) is 8.78 Å². The second-order valence-corrected chi connectivity index (χ2v) is 4.41. The smallest absolute Gasteiger partial charge is 0.174 e. The fraction of sp³-hybridized carbons (Fsp3) is 0.188. The molecule has 0 saturated heterocycles. The molecule has 21 heavy (non-hydrogen) atoms. The molecule has 108 valence electrons. The summed E-state index contributed by atoms with van der Waals surface area (Å²) < 4.78 is 31.2. The van der Waals surface area contributed by atoms with E-state index in [2.05, 4.69) is 5.32 Å². The van der Waals surface area contributed by atoms with Crippen molar-refractivity contribution in [1.29, 1.82) is 5.26 Å². The molecule has 0 amide bonds. The molecule has 0 aromatic heterocycles. The Morgan fingerprint density at radius 3 is 2.62 bits per heavy atom. The SMILES string of the molecule is N#CCOc1ccccc1CNCc1ccc(F)c(F)c1. The maximum absolute atomic E-state index is 13.1. The molecular weight excluding hydrogens is 274 g/mol. The average Bonchev–Trinajstić information content (AvgIpc) is 2.50. The molecule has 0 aliphatic heterocycles. The maximum Gasteiger partial charge on any atom is 0.174 e. The number of nitriles is 1. The van der Waals surface area contributed by atoms with E-state index in [1.54, 1.807) is 6.07 Å². The molecule has 2 rings (SSSR count). The third-order valence-electron chi connectivity index (χ3n) is 2.89. The number of hydrogen-bond acceptors (Lipinski definition) is 3. The minimum atomic E-state index is -0.855. The summed E-state index contributed by atoms with van der Waals surface area (Å²) in [6.45, 7) is 0.893. The van der Waals surface area contributed by atoms with Crippen LogP contribution in [0.1, 0.15) is 11.1 Å². The molecule has 0 bridgehead atoms. The minimum Gasteiger partial charge on any atom is -0.478 e. The van der Waals surface area contributed by atoms with Crippen molar-refractivity contribution in [2.75, 3.05) is 6.61 Å². The summed E-state index contributed by atoms with van der Waals surface area (Å²) in [7, 11) is 0.